The number of hydrogen-bond acceptors (Lipinski definition) is 5. The number of rotatable bonds is 58. The maximum atomic E-state index is 12.4. The van der Waals surface area contributed by atoms with Crippen molar-refractivity contribution in [1.82, 2.24) is 5.32 Å². The molecular formula is C63H121NO5. The number of aliphatic hydroxyl groups excluding tert-OH is 2. The highest BCUT2D eigenvalue weighted by Gasteiger charge is 2.20. The summed E-state index contributed by atoms with van der Waals surface area (Å²) < 4.78 is 5.48. The van der Waals surface area contributed by atoms with Gasteiger partial charge in [-0.15, -0.1) is 0 Å². The lowest BCUT2D eigenvalue weighted by Gasteiger charge is -2.22. The Balaban J connectivity index is 3.36. The molecule has 0 rings (SSSR count). The molecule has 0 saturated heterocycles. The van der Waals surface area contributed by atoms with Crippen LogP contribution in [0.4, 0.5) is 0 Å². The molecule has 0 saturated carbocycles. The highest BCUT2D eigenvalue weighted by molar-refractivity contribution is 5.76. The van der Waals surface area contributed by atoms with Crippen molar-refractivity contribution >= 4 is 11.9 Å². The fourth-order valence-electron chi connectivity index (χ4n) is 9.69. The fourth-order valence-corrected chi connectivity index (χ4v) is 9.69. The molecule has 408 valence electrons. The summed E-state index contributed by atoms with van der Waals surface area (Å²) in [6, 6.07) is -0.540. The summed E-state index contributed by atoms with van der Waals surface area (Å²) in [4.78, 5) is 24.5. The number of nitrogens with one attached hydrogen (secondary N) is 1. The van der Waals surface area contributed by atoms with Crippen LogP contribution in [0.1, 0.15) is 341 Å². The summed E-state index contributed by atoms with van der Waals surface area (Å²) in [5, 5.41) is 23.2. The molecule has 1 amide bonds. The van der Waals surface area contributed by atoms with E-state index in [4.69, 9.17) is 4.74 Å². The molecule has 0 bridgehead atoms. The standard InChI is InChI=1S/C63H121NO5/c1-3-5-7-9-11-13-15-16-33-37-41-45-49-53-57-63(68)69-58-54-50-46-42-38-34-31-29-27-25-23-21-19-17-18-20-22-24-26-28-30-32-36-40-44-48-52-56-62(67)64-60(59-65)61(66)55-51-47-43-39-35-14-12-10-8-6-4-2/h15-18,60-61,65-66H,3-14,19-59H2,1-2H3,(H,64,67)/b16-15-,18-17-. The van der Waals surface area contributed by atoms with Gasteiger partial charge in [0.15, 0.2) is 0 Å². The molecule has 0 aromatic carbocycles. The molecule has 0 aliphatic heterocycles. The van der Waals surface area contributed by atoms with Crippen LogP contribution >= 0.6 is 0 Å². The summed E-state index contributed by atoms with van der Waals surface area (Å²) in [6.45, 7) is 4.95. The number of unbranched alkanes of at least 4 members (excludes halogenated alkanes) is 43. The number of hydrogen-bond donors (Lipinski definition) is 3. The van der Waals surface area contributed by atoms with Crippen molar-refractivity contribution in [2.75, 3.05) is 13.2 Å². The second-order valence-electron chi connectivity index (χ2n) is 21.4. The molecule has 69 heavy (non-hydrogen) atoms. The Bertz CT molecular complexity index is 1080. The van der Waals surface area contributed by atoms with Crippen LogP contribution in [0.3, 0.4) is 0 Å². The maximum Gasteiger partial charge on any atom is 0.305 e. The Hall–Kier alpha value is -1.66. The normalized spacial score (nSPS) is 12.7. The monoisotopic (exact) mass is 972 g/mol. The van der Waals surface area contributed by atoms with Gasteiger partial charge in [0.05, 0.1) is 25.4 Å². The molecule has 0 aliphatic rings. The van der Waals surface area contributed by atoms with E-state index in [9.17, 15) is 19.8 Å². The lowest BCUT2D eigenvalue weighted by atomic mass is 10.0. The van der Waals surface area contributed by atoms with Crippen LogP contribution in [0.25, 0.3) is 0 Å². The van der Waals surface area contributed by atoms with Crippen LogP contribution in [0.5, 0.6) is 0 Å². The van der Waals surface area contributed by atoms with Gasteiger partial charge in [0.25, 0.3) is 0 Å². The molecule has 2 atom stereocenters. The number of esters is 1. The molecule has 0 aromatic rings. The highest BCUT2D eigenvalue weighted by Crippen LogP contribution is 2.17. The van der Waals surface area contributed by atoms with Crippen LogP contribution < -0.4 is 5.32 Å². The predicted molar refractivity (Wildman–Crippen MR) is 301 cm³/mol. The van der Waals surface area contributed by atoms with Gasteiger partial charge in [-0.2, -0.15) is 0 Å². The average Bonchev–Trinajstić information content (AvgIpc) is 3.35. The molecule has 6 heteroatoms. The lowest BCUT2D eigenvalue weighted by molar-refractivity contribution is -0.143. The van der Waals surface area contributed by atoms with E-state index in [0.717, 1.165) is 44.9 Å². The van der Waals surface area contributed by atoms with E-state index in [0.29, 0.717) is 25.9 Å². The number of carbonyl (C=O) groups is 2. The van der Waals surface area contributed by atoms with Gasteiger partial charge in [-0.3, -0.25) is 9.59 Å². The molecule has 0 spiro atoms. The van der Waals surface area contributed by atoms with E-state index in [1.165, 1.54) is 263 Å². The minimum Gasteiger partial charge on any atom is -0.466 e. The first-order valence-electron chi connectivity index (χ1n) is 31.1. The summed E-state index contributed by atoms with van der Waals surface area (Å²) in [5.74, 6) is -0.0291. The molecule has 2 unspecified atom stereocenters. The zero-order valence-corrected chi connectivity index (χ0v) is 46.6. The number of carbonyl (C=O) groups excluding carboxylic acids is 2. The molecular weight excluding hydrogens is 851 g/mol. The Labute approximate surface area is 431 Å². The van der Waals surface area contributed by atoms with Crippen molar-refractivity contribution in [3.63, 3.8) is 0 Å². The molecule has 0 aromatic heterocycles. The van der Waals surface area contributed by atoms with E-state index in [-0.39, 0.29) is 18.5 Å². The van der Waals surface area contributed by atoms with E-state index in [1.54, 1.807) is 0 Å². The minimum atomic E-state index is -0.663. The first kappa shape index (κ1) is 67.3. The maximum absolute atomic E-state index is 12.4. The summed E-state index contributed by atoms with van der Waals surface area (Å²) in [5.41, 5.74) is 0. The van der Waals surface area contributed by atoms with Crippen molar-refractivity contribution in [2.24, 2.45) is 0 Å². The largest absolute Gasteiger partial charge is 0.466 e. The first-order chi connectivity index (χ1) is 34.0. The van der Waals surface area contributed by atoms with Crippen molar-refractivity contribution < 1.29 is 24.5 Å². The molecule has 3 N–H and O–H groups in total. The van der Waals surface area contributed by atoms with Crippen LogP contribution in [-0.2, 0) is 14.3 Å². The van der Waals surface area contributed by atoms with Crippen molar-refractivity contribution in [2.45, 2.75) is 353 Å². The van der Waals surface area contributed by atoms with Crippen molar-refractivity contribution in [3.8, 4) is 0 Å². The minimum absolute atomic E-state index is 0.00671. The Morgan fingerprint density at radius 3 is 1.03 bits per heavy atom. The molecule has 0 heterocycles. The highest BCUT2D eigenvalue weighted by atomic mass is 16.5. The van der Waals surface area contributed by atoms with Crippen LogP contribution in [0.15, 0.2) is 24.3 Å². The summed E-state index contributed by atoms with van der Waals surface area (Å²) in [6.07, 6.45) is 72.0. The van der Waals surface area contributed by atoms with Crippen molar-refractivity contribution in [3.05, 3.63) is 24.3 Å². The SMILES string of the molecule is CCCCCCC/C=C\CCCCCCCC(=O)OCCCCCCCCCCCCCC/C=C\CCCCCCCCCCCCCC(=O)NC(CO)C(O)CCCCCCCCCCCCC. The number of amides is 1. The zero-order valence-electron chi connectivity index (χ0n) is 46.6. The molecule has 0 fully saturated rings. The lowest BCUT2D eigenvalue weighted by Crippen LogP contribution is -2.45. The third-order valence-corrected chi connectivity index (χ3v) is 14.5. The Kier molecular flexibility index (Phi) is 57.5. The van der Waals surface area contributed by atoms with Gasteiger partial charge >= 0.3 is 5.97 Å². The molecule has 6 nitrogen and oxygen atoms in total. The molecule has 0 radical (unpaired) electrons. The summed E-state index contributed by atoms with van der Waals surface area (Å²) >= 11 is 0. The van der Waals surface area contributed by atoms with Gasteiger partial charge in [0.1, 0.15) is 0 Å². The number of ether oxygens (including phenoxy) is 1. The average molecular weight is 973 g/mol. The van der Waals surface area contributed by atoms with Crippen LogP contribution in [-0.4, -0.2) is 47.4 Å². The fraction of sp³-hybridized carbons (Fsp3) is 0.905. The van der Waals surface area contributed by atoms with Crippen LogP contribution in [0, 0.1) is 0 Å². The van der Waals surface area contributed by atoms with Gasteiger partial charge in [0.2, 0.25) is 5.91 Å². The van der Waals surface area contributed by atoms with Crippen molar-refractivity contribution in [1.29, 1.82) is 0 Å². The van der Waals surface area contributed by atoms with E-state index in [1.807, 2.05) is 0 Å². The molecule has 0 aliphatic carbocycles. The quantitative estimate of drug-likeness (QED) is 0.0321. The topological polar surface area (TPSA) is 95.9 Å². The van der Waals surface area contributed by atoms with E-state index < -0.39 is 12.1 Å². The van der Waals surface area contributed by atoms with Crippen LogP contribution in [0.2, 0.25) is 0 Å². The van der Waals surface area contributed by atoms with E-state index in [2.05, 4.69) is 43.5 Å². The third-order valence-electron chi connectivity index (χ3n) is 14.5. The second kappa shape index (κ2) is 58.9. The van der Waals surface area contributed by atoms with Gasteiger partial charge in [-0.25, -0.2) is 0 Å². The summed E-state index contributed by atoms with van der Waals surface area (Å²) in [7, 11) is 0. The third kappa shape index (κ3) is 55.5. The van der Waals surface area contributed by atoms with Gasteiger partial charge in [0, 0.05) is 12.8 Å². The number of aliphatic hydroxyl groups is 2. The predicted octanol–water partition coefficient (Wildman–Crippen LogP) is 19.4. The first-order valence-corrected chi connectivity index (χ1v) is 31.1. The Morgan fingerprint density at radius 2 is 0.681 bits per heavy atom. The smallest absolute Gasteiger partial charge is 0.305 e. The van der Waals surface area contributed by atoms with E-state index >= 15 is 0 Å². The Morgan fingerprint density at radius 1 is 0.391 bits per heavy atom. The second-order valence-corrected chi connectivity index (χ2v) is 21.4. The number of allylic oxidation sites excluding steroid dienone is 4. The zero-order chi connectivity index (χ0) is 50.0. The van der Waals surface area contributed by atoms with Gasteiger partial charge < -0.3 is 20.3 Å². The van der Waals surface area contributed by atoms with Gasteiger partial charge in [-0.1, -0.05) is 276 Å². The van der Waals surface area contributed by atoms with Gasteiger partial charge in [-0.05, 0) is 77.0 Å².